The van der Waals surface area contributed by atoms with E-state index in [2.05, 4.69) is 19.1 Å². The number of ether oxygens (including phenoxy) is 1. The summed E-state index contributed by atoms with van der Waals surface area (Å²) < 4.78 is 5.14. The Morgan fingerprint density at radius 1 is 0.889 bits per heavy atom. The summed E-state index contributed by atoms with van der Waals surface area (Å²) in [4.78, 5) is 0. The molecule has 0 aromatic heterocycles. The largest absolute Gasteiger partial charge is 0.497 e. The van der Waals surface area contributed by atoms with Gasteiger partial charge >= 0.3 is 0 Å². The van der Waals surface area contributed by atoms with E-state index in [-0.39, 0.29) is 0 Å². The quantitative estimate of drug-likeness (QED) is 0.702. The van der Waals surface area contributed by atoms with Crippen molar-refractivity contribution in [1.29, 1.82) is 0 Å². The van der Waals surface area contributed by atoms with Crippen molar-refractivity contribution in [2.75, 3.05) is 14.2 Å². The van der Waals surface area contributed by atoms with Crippen molar-refractivity contribution < 1.29 is 9.84 Å². The third kappa shape index (κ3) is 8.13. The lowest BCUT2D eigenvalue weighted by molar-refractivity contribution is 0.399. The molecule has 0 aliphatic rings. The van der Waals surface area contributed by atoms with E-state index in [1.165, 1.54) is 50.5 Å². The number of hydrogen-bond acceptors (Lipinski definition) is 2. The molecule has 0 amide bonds. The van der Waals surface area contributed by atoms with Gasteiger partial charge < -0.3 is 9.84 Å². The maximum Gasteiger partial charge on any atom is 0.118 e. The predicted molar refractivity (Wildman–Crippen MR) is 78.2 cm³/mol. The minimum absolute atomic E-state index is 0.951. The van der Waals surface area contributed by atoms with Crippen LogP contribution in [0.25, 0.3) is 0 Å². The van der Waals surface area contributed by atoms with Gasteiger partial charge in [-0.15, -0.1) is 0 Å². The van der Waals surface area contributed by atoms with E-state index < -0.39 is 0 Å². The molecule has 0 saturated carbocycles. The van der Waals surface area contributed by atoms with Crippen molar-refractivity contribution in [3.63, 3.8) is 0 Å². The van der Waals surface area contributed by atoms with Crippen LogP contribution in [-0.4, -0.2) is 19.3 Å². The first-order valence-electron chi connectivity index (χ1n) is 6.94. The summed E-state index contributed by atoms with van der Waals surface area (Å²) in [7, 11) is 2.71. The molecule has 0 spiro atoms. The number of rotatable bonds is 8. The average molecular weight is 252 g/mol. The van der Waals surface area contributed by atoms with Crippen LogP contribution in [0.4, 0.5) is 0 Å². The number of unbranched alkanes of at least 4 members (excludes halogenated alkanes) is 5. The Labute approximate surface area is 112 Å². The molecule has 0 aliphatic carbocycles. The zero-order chi connectivity index (χ0) is 13.6. The fourth-order valence-electron chi connectivity index (χ4n) is 1.90. The third-order valence-electron chi connectivity index (χ3n) is 2.98. The van der Waals surface area contributed by atoms with Crippen LogP contribution in [0.2, 0.25) is 0 Å². The highest BCUT2D eigenvalue weighted by molar-refractivity contribution is 5.27. The van der Waals surface area contributed by atoms with E-state index in [0.717, 1.165) is 12.9 Å². The minimum atomic E-state index is 0.951. The van der Waals surface area contributed by atoms with Gasteiger partial charge in [0.05, 0.1) is 7.11 Å². The molecule has 0 fully saturated rings. The molecule has 1 aromatic carbocycles. The lowest BCUT2D eigenvalue weighted by Gasteiger charge is -2.03. The van der Waals surface area contributed by atoms with Crippen molar-refractivity contribution >= 4 is 0 Å². The molecule has 0 unspecified atom stereocenters. The van der Waals surface area contributed by atoms with Gasteiger partial charge in [-0.2, -0.15) is 0 Å². The highest BCUT2D eigenvalue weighted by Crippen LogP contribution is 2.14. The first-order chi connectivity index (χ1) is 8.86. The first-order valence-corrected chi connectivity index (χ1v) is 6.94. The van der Waals surface area contributed by atoms with E-state index in [1.54, 1.807) is 7.11 Å². The minimum Gasteiger partial charge on any atom is -0.497 e. The molecular formula is C16H28O2. The van der Waals surface area contributed by atoms with Crippen LogP contribution in [0, 0.1) is 0 Å². The summed E-state index contributed by atoms with van der Waals surface area (Å²) in [6.07, 6.45) is 9.41. The smallest absolute Gasteiger partial charge is 0.118 e. The molecule has 0 aliphatic heterocycles. The number of aliphatic hydroxyl groups is 1. The highest BCUT2D eigenvalue weighted by atomic mass is 16.5. The van der Waals surface area contributed by atoms with E-state index in [4.69, 9.17) is 9.84 Å². The molecule has 0 saturated heterocycles. The number of hydrogen-bond donors (Lipinski definition) is 1. The summed E-state index contributed by atoms with van der Waals surface area (Å²) >= 11 is 0. The Bertz CT molecular complexity index is 267. The Morgan fingerprint density at radius 3 is 2.00 bits per heavy atom. The Kier molecular flexibility index (Phi) is 11.7. The molecule has 0 atom stereocenters. The molecule has 18 heavy (non-hydrogen) atoms. The van der Waals surface area contributed by atoms with Crippen molar-refractivity contribution in [3.8, 4) is 5.75 Å². The second-order valence-corrected chi connectivity index (χ2v) is 4.37. The van der Waals surface area contributed by atoms with Gasteiger partial charge in [-0.25, -0.2) is 0 Å². The van der Waals surface area contributed by atoms with Crippen LogP contribution >= 0.6 is 0 Å². The van der Waals surface area contributed by atoms with Crippen LogP contribution in [0.15, 0.2) is 24.3 Å². The molecule has 0 heterocycles. The maximum absolute atomic E-state index is 7.00. The summed E-state index contributed by atoms with van der Waals surface area (Å²) in [5.41, 5.74) is 1.43. The van der Waals surface area contributed by atoms with E-state index in [9.17, 15) is 0 Å². The zero-order valence-corrected chi connectivity index (χ0v) is 12.1. The van der Waals surface area contributed by atoms with Gasteiger partial charge in [0.1, 0.15) is 5.75 Å². The topological polar surface area (TPSA) is 29.5 Å². The van der Waals surface area contributed by atoms with Crippen molar-refractivity contribution in [2.24, 2.45) is 0 Å². The van der Waals surface area contributed by atoms with Crippen molar-refractivity contribution in [1.82, 2.24) is 0 Å². The average Bonchev–Trinajstić information content (AvgIpc) is 2.45. The van der Waals surface area contributed by atoms with Gasteiger partial charge in [-0.1, -0.05) is 51.2 Å². The zero-order valence-electron chi connectivity index (χ0n) is 12.1. The fraction of sp³-hybridized carbons (Fsp3) is 0.625. The van der Waals surface area contributed by atoms with Gasteiger partial charge in [-0.05, 0) is 30.5 Å². The van der Waals surface area contributed by atoms with Gasteiger partial charge in [-0.3, -0.25) is 0 Å². The van der Waals surface area contributed by atoms with Crippen LogP contribution in [-0.2, 0) is 6.42 Å². The normalized spacial score (nSPS) is 9.56. The number of aliphatic hydroxyl groups excluding tert-OH is 1. The monoisotopic (exact) mass is 252 g/mol. The molecule has 0 radical (unpaired) electrons. The summed E-state index contributed by atoms with van der Waals surface area (Å²) in [6, 6.07) is 8.44. The Hall–Kier alpha value is -1.02. The molecule has 0 bridgehead atoms. The first kappa shape index (κ1) is 17.0. The van der Waals surface area contributed by atoms with E-state index in [1.807, 2.05) is 12.1 Å². The number of benzene rings is 1. The lowest BCUT2D eigenvalue weighted by Crippen LogP contribution is -1.87. The Balaban J connectivity index is 0.00000137. The number of aryl methyl sites for hydroxylation is 1. The molecule has 1 aromatic rings. The van der Waals surface area contributed by atoms with Gasteiger partial charge in [0.2, 0.25) is 0 Å². The van der Waals surface area contributed by atoms with E-state index >= 15 is 0 Å². The second kappa shape index (κ2) is 12.4. The predicted octanol–water partition coefficient (Wildman–Crippen LogP) is 4.21. The van der Waals surface area contributed by atoms with Gasteiger partial charge in [0.15, 0.2) is 0 Å². The lowest BCUT2D eigenvalue weighted by atomic mass is 10.1. The number of methoxy groups -OCH3 is 1. The summed E-state index contributed by atoms with van der Waals surface area (Å²) in [5.74, 6) is 0.951. The molecule has 2 heteroatoms. The van der Waals surface area contributed by atoms with Crippen LogP contribution in [0.1, 0.15) is 51.0 Å². The van der Waals surface area contributed by atoms with Gasteiger partial charge in [0, 0.05) is 7.11 Å². The second-order valence-electron chi connectivity index (χ2n) is 4.37. The van der Waals surface area contributed by atoms with Crippen LogP contribution < -0.4 is 4.74 Å². The van der Waals surface area contributed by atoms with Gasteiger partial charge in [0.25, 0.3) is 0 Å². The standard InChI is InChI=1S/C15H24O.CH4O/c1-3-4-5-6-7-8-9-14-10-12-15(16-2)13-11-14;1-2/h10-13H,3-9H2,1-2H3;2H,1H3. The molecule has 1 rings (SSSR count). The third-order valence-corrected chi connectivity index (χ3v) is 2.98. The summed E-state index contributed by atoms with van der Waals surface area (Å²) in [5, 5.41) is 7.00. The van der Waals surface area contributed by atoms with Crippen molar-refractivity contribution in [3.05, 3.63) is 29.8 Å². The van der Waals surface area contributed by atoms with E-state index in [0.29, 0.717) is 0 Å². The highest BCUT2D eigenvalue weighted by Gasteiger charge is 1.95. The molecule has 104 valence electrons. The molecule has 2 nitrogen and oxygen atoms in total. The Morgan fingerprint density at radius 2 is 1.44 bits per heavy atom. The summed E-state index contributed by atoms with van der Waals surface area (Å²) in [6.45, 7) is 2.26. The SMILES string of the molecule is CCCCCCCCc1ccc(OC)cc1.CO. The molecular weight excluding hydrogens is 224 g/mol. The molecule has 1 N–H and O–H groups in total. The van der Waals surface area contributed by atoms with Crippen LogP contribution in [0.5, 0.6) is 5.75 Å². The van der Waals surface area contributed by atoms with Crippen LogP contribution in [0.3, 0.4) is 0 Å². The van der Waals surface area contributed by atoms with Crippen molar-refractivity contribution in [2.45, 2.75) is 51.9 Å². The fourth-order valence-corrected chi connectivity index (χ4v) is 1.90. The maximum atomic E-state index is 7.00.